The Labute approximate surface area is 121 Å². The number of nitrogens with zero attached hydrogens (tertiary/aromatic N) is 1. The first-order chi connectivity index (χ1) is 9.49. The Morgan fingerprint density at radius 3 is 2.75 bits per heavy atom. The summed E-state index contributed by atoms with van der Waals surface area (Å²) >= 11 is 0. The summed E-state index contributed by atoms with van der Waals surface area (Å²) in [6.45, 7) is 6.06. The standard InChI is InChI=1S/C16H25NO3/c1-13(18)9-10-17(3)11-15-12-19-16(2,20-15)14-7-5-4-6-8-14/h4-8,13,15,18H,9-12H2,1-3H3. The van der Waals surface area contributed by atoms with E-state index < -0.39 is 5.79 Å². The van der Waals surface area contributed by atoms with Crippen LogP contribution in [0.25, 0.3) is 0 Å². The molecule has 0 aromatic heterocycles. The molecule has 0 amide bonds. The largest absolute Gasteiger partial charge is 0.393 e. The summed E-state index contributed by atoms with van der Waals surface area (Å²) in [5, 5.41) is 9.31. The summed E-state index contributed by atoms with van der Waals surface area (Å²) in [5.74, 6) is -0.642. The van der Waals surface area contributed by atoms with Crippen LogP contribution in [0.4, 0.5) is 0 Å². The molecule has 20 heavy (non-hydrogen) atoms. The fraction of sp³-hybridized carbons (Fsp3) is 0.625. The molecule has 1 saturated heterocycles. The Morgan fingerprint density at radius 1 is 1.40 bits per heavy atom. The van der Waals surface area contributed by atoms with Gasteiger partial charge >= 0.3 is 0 Å². The average molecular weight is 279 g/mol. The quantitative estimate of drug-likeness (QED) is 0.864. The van der Waals surface area contributed by atoms with Crippen LogP contribution in [0, 0.1) is 0 Å². The molecule has 1 aliphatic heterocycles. The molecule has 4 nitrogen and oxygen atoms in total. The van der Waals surface area contributed by atoms with E-state index in [1.165, 1.54) is 0 Å². The Morgan fingerprint density at radius 2 is 2.10 bits per heavy atom. The lowest BCUT2D eigenvalue weighted by Crippen LogP contribution is -2.33. The first kappa shape index (κ1) is 15.4. The average Bonchev–Trinajstić information content (AvgIpc) is 2.80. The molecule has 1 aromatic rings. The van der Waals surface area contributed by atoms with Crippen molar-refractivity contribution in [1.29, 1.82) is 0 Å². The summed E-state index contributed by atoms with van der Waals surface area (Å²) in [5.41, 5.74) is 1.05. The second-order valence-corrected chi connectivity index (χ2v) is 5.76. The van der Waals surface area contributed by atoms with E-state index in [4.69, 9.17) is 9.47 Å². The van der Waals surface area contributed by atoms with E-state index in [0.717, 1.165) is 25.1 Å². The Kier molecular flexibility index (Phi) is 5.16. The second kappa shape index (κ2) is 6.68. The maximum atomic E-state index is 9.31. The van der Waals surface area contributed by atoms with Crippen molar-refractivity contribution >= 4 is 0 Å². The highest BCUT2D eigenvalue weighted by Gasteiger charge is 2.38. The van der Waals surface area contributed by atoms with Gasteiger partial charge in [0.05, 0.1) is 18.8 Å². The third-order valence-electron chi connectivity index (χ3n) is 3.68. The number of rotatable bonds is 6. The van der Waals surface area contributed by atoms with E-state index in [-0.39, 0.29) is 12.2 Å². The van der Waals surface area contributed by atoms with Crippen molar-refractivity contribution in [3.63, 3.8) is 0 Å². The lowest BCUT2D eigenvalue weighted by Gasteiger charge is -2.25. The van der Waals surface area contributed by atoms with Crippen molar-refractivity contribution in [3.05, 3.63) is 35.9 Å². The van der Waals surface area contributed by atoms with Crippen LogP contribution in [0.2, 0.25) is 0 Å². The number of hydrogen-bond acceptors (Lipinski definition) is 4. The molecule has 1 aliphatic rings. The van der Waals surface area contributed by atoms with Crippen LogP contribution in [0.3, 0.4) is 0 Å². The van der Waals surface area contributed by atoms with Crippen LogP contribution in [-0.2, 0) is 15.3 Å². The van der Waals surface area contributed by atoms with E-state index >= 15 is 0 Å². The highest BCUT2D eigenvalue weighted by atomic mass is 16.7. The summed E-state index contributed by atoms with van der Waals surface area (Å²) < 4.78 is 12.0. The number of ether oxygens (including phenoxy) is 2. The number of likely N-dealkylation sites (N-methyl/N-ethyl adjacent to an activating group) is 1. The number of hydrogen-bond donors (Lipinski definition) is 1. The number of benzene rings is 1. The fourth-order valence-corrected chi connectivity index (χ4v) is 2.47. The van der Waals surface area contributed by atoms with Crippen LogP contribution >= 0.6 is 0 Å². The van der Waals surface area contributed by atoms with Gasteiger partial charge in [0.15, 0.2) is 5.79 Å². The minimum atomic E-state index is -0.642. The van der Waals surface area contributed by atoms with Gasteiger partial charge in [-0.25, -0.2) is 0 Å². The van der Waals surface area contributed by atoms with E-state index in [0.29, 0.717) is 6.61 Å². The van der Waals surface area contributed by atoms with Gasteiger partial charge in [-0.2, -0.15) is 0 Å². The van der Waals surface area contributed by atoms with Crippen molar-refractivity contribution in [2.45, 2.75) is 38.3 Å². The van der Waals surface area contributed by atoms with E-state index in [1.807, 2.05) is 51.2 Å². The van der Waals surface area contributed by atoms with Gasteiger partial charge in [-0.05, 0) is 27.3 Å². The molecule has 4 heteroatoms. The smallest absolute Gasteiger partial charge is 0.192 e. The first-order valence-corrected chi connectivity index (χ1v) is 7.23. The molecule has 1 N–H and O–H groups in total. The Balaban J connectivity index is 1.86. The summed E-state index contributed by atoms with van der Waals surface area (Å²) in [4.78, 5) is 2.18. The lowest BCUT2D eigenvalue weighted by molar-refractivity contribution is -0.163. The molecule has 0 saturated carbocycles. The van der Waals surface area contributed by atoms with E-state index in [2.05, 4.69) is 4.90 Å². The summed E-state index contributed by atoms with van der Waals surface area (Å²) in [6, 6.07) is 10.0. The van der Waals surface area contributed by atoms with Crippen molar-refractivity contribution in [2.75, 3.05) is 26.7 Å². The third-order valence-corrected chi connectivity index (χ3v) is 3.68. The van der Waals surface area contributed by atoms with Gasteiger partial charge in [-0.1, -0.05) is 30.3 Å². The Hall–Kier alpha value is -0.940. The summed E-state index contributed by atoms with van der Waals surface area (Å²) in [6.07, 6.45) is 0.590. The SMILES string of the molecule is CC(O)CCN(C)CC1COC(C)(c2ccccc2)O1. The molecule has 1 fully saturated rings. The van der Waals surface area contributed by atoms with Crippen LogP contribution in [0.15, 0.2) is 30.3 Å². The van der Waals surface area contributed by atoms with Gasteiger partial charge in [-0.15, -0.1) is 0 Å². The van der Waals surface area contributed by atoms with Gasteiger partial charge < -0.3 is 19.5 Å². The van der Waals surface area contributed by atoms with Crippen molar-refractivity contribution < 1.29 is 14.6 Å². The predicted molar refractivity (Wildman–Crippen MR) is 78.4 cm³/mol. The molecule has 2 rings (SSSR count). The molecule has 1 heterocycles. The van der Waals surface area contributed by atoms with Crippen molar-refractivity contribution in [3.8, 4) is 0 Å². The molecule has 0 bridgehead atoms. The van der Waals surface area contributed by atoms with Crippen LogP contribution in [0.1, 0.15) is 25.8 Å². The molecule has 1 aromatic carbocycles. The van der Waals surface area contributed by atoms with Gasteiger partial charge in [0.2, 0.25) is 0 Å². The molecule has 0 aliphatic carbocycles. The topological polar surface area (TPSA) is 41.9 Å². The lowest BCUT2D eigenvalue weighted by atomic mass is 10.1. The number of aliphatic hydroxyl groups is 1. The van der Waals surface area contributed by atoms with Gasteiger partial charge in [0, 0.05) is 18.7 Å². The zero-order chi connectivity index (χ0) is 14.6. The monoisotopic (exact) mass is 279 g/mol. The molecular formula is C16H25NO3. The zero-order valence-corrected chi connectivity index (χ0v) is 12.6. The van der Waals surface area contributed by atoms with E-state index in [1.54, 1.807) is 0 Å². The predicted octanol–water partition coefficient (Wildman–Crippen LogP) is 1.98. The fourth-order valence-electron chi connectivity index (χ4n) is 2.47. The van der Waals surface area contributed by atoms with Gasteiger partial charge in [-0.3, -0.25) is 0 Å². The minimum absolute atomic E-state index is 0.0687. The summed E-state index contributed by atoms with van der Waals surface area (Å²) in [7, 11) is 2.05. The van der Waals surface area contributed by atoms with Gasteiger partial charge in [0.25, 0.3) is 0 Å². The molecule has 3 unspecified atom stereocenters. The van der Waals surface area contributed by atoms with Crippen molar-refractivity contribution in [2.24, 2.45) is 0 Å². The van der Waals surface area contributed by atoms with Crippen molar-refractivity contribution in [1.82, 2.24) is 4.90 Å². The van der Waals surface area contributed by atoms with Crippen LogP contribution < -0.4 is 0 Å². The maximum Gasteiger partial charge on any atom is 0.192 e. The maximum absolute atomic E-state index is 9.31. The van der Waals surface area contributed by atoms with Crippen LogP contribution in [0.5, 0.6) is 0 Å². The molecular weight excluding hydrogens is 254 g/mol. The van der Waals surface area contributed by atoms with E-state index in [9.17, 15) is 5.11 Å². The zero-order valence-electron chi connectivity index (χ0n) is 12.6. The molecule has 0 spiro atoms. The van der Waals surface area contributed by atoms with Crippen LogP contribution in [-0.4, -0.2) is 49.0 Å². The third kappa shape index (κ3) is 4.03. The second-order valence-electron chi connectivity index (χ2n) is 5.76. The molecule has 112 valence electrons. The normalized spacial score (nSPS) is 27.9. The highest BCUT2D eigenvalue weighted by Crippen LogP contribution is 2.33. The highest BCUT2D eigenvalue weighted by molar-refractivity contribution is 5.20. The van der Waals surface area contributed by atoms with Gasteiger partial charge in [0.1, 0.15) is 0 Å². The number of aliphatic hydroxyl groups excluding tert-OH is 1. The first-order valence-electron chi connectivity index (χ1n) is 7.23. The minimum Gasteiger partial charge on any atom is -0.393 e. The Bertz CT molecular complexity index is 409. The molecule has 0 radical (unpaired) electrons. The molecule has 3 atom stereocenters.